The zero-order valence-corrected chi connectivity index (χ0v) is 11.8. The van der Waals surface area contributed by atoms with Crippen molar-refractivity contribution < 1.29 is 0 Å². The van der Waals surface area contributed by atoms with Crippen LogP contribution in [0, 0.1) is 0 Å². The molecule has 4 nitrogen and oxygen atoms in total. The van der Waals surface area contributed by atoms with Crippen LogP contribution in [0.25, 0.3) is 0 Å². The molecule has 0 radical (unpaired) electrons. The second-order valence-corrected chi connectivity index (χ2v) is 8.92. The molecule has 2 aromatic heterocycles. The molecule has 2 heterocycles. The Morgan fingerprint density at radius 2 is 1.25 bits per heavy atom. The summed E-state index contributed by atoms with van der Waals surface area (Å²) < 4.78 is 1.97. The van der Waals surface area contributed by atoms with Gasteiger partial charge in [-0.05, 0) is 0 Å². The van der Waals surface area contributed by atoms with Gasteiger partial charge in [0, 0.05) is 0 Å². The molecule has 0 aromatic carbocycles. The summed E-state index contributed by atoms with van der Waals surface area (Å²) >= 11 is 0.474. The van der Waals surface area contributed by atoms with Crippen molar-refractivity contribution in [2.24, 2.45) is 0 Å². The Balaban J connectivity index is 2.09. The Hall–Kier alpha value is -1.06. The van der Waals surface area contributed by atoms with Crippen LogP contribution in [0.3, 0.4) is 0 Å². The molecule has 16 heavy (non-hydrogen) atoms. The third-order valence-corrected chi connectivity index (χ3v) is 8.42. The second-order valence-electron chi connectivity index (χ2n) is 2.96. The van der Waals surface area contributed by atoms with Gasteiger partial charge >= 0.3 is 105 Å². The summed E-state index contributed by atoms with van der Waals surface area (Å²) in [6, 6.07) is 7.44. The number of rotatable bonds is 3. The molecule has 6 heteroatoms. The second kappa shape index (κ2) is 5.32. The zero-order valence-electron chi connectivity index (χ0n) is 8.33. The van der Waals surface area contributed by atoms with Crippen LogP contribution in [0.2, 0.25) is 0 Å². The Morgan fingerprint density at radius 3 is 1.62 bits per heavy atom. The molecule has 0 saturated carbocycles. The predicted molar refractivity (Wildman–Crippen MR) is 68.1 cm³/mol. The maximum atomic E-state index is 5.83. The van der Waals surface area contributed by atoms with E-state index in [2.05, 4.69) is 9.97 Å². The first-order valence-electron chi connectivity index (χ1n) is 4.53. The molecule has 82 valence electrons. The number of anilines is 2. The van der Waals surface area contributed by atoms with E-state index in [1.165, 1.54) is 0 Å². The van der Waals surface area contributed by atoms with Crippen LogP contribution in [-0.4, -0.2) is 36.2 Å². The van der Waals surface area contributed by atoms with Crippen molar-refractivity contribution >= 4 is 46.8 Å². The topological polar surface area (TPSA) is 77.8 Å². The molecule has 0 fully saturated rings. The van der Waals surface area contributed by atoms with E-state index in [0.717, 1.165) is 20.6 Å². The van der Waals surface area contributed by atoms with Gasteiger partial charge in [0.15, 0.2) is 0 Å². The van der Waals surface area contributed by atoms with E-state index in [1.54, 1.807) is 12.4 Å². The number of nitrogens with zero attached hydrogens (tertiary/aromatic N) is 2. The van der Waals surface area contributed by atoms with Gasteiger partial charge in [-0.25, -0.2) is 0 Å². The van der Waals surface area contributed by atoms with Crippen LogP contribution in [0.4, 0.5) is 11.4 Å². The third kappa shape index (κ3) is 2.74. The molecule has 2 aromatic rings. The fourth-order valence-electron chi connectivity index (χ4n) is 1.02. The fourth-order valence-corrected chi connectivity index (χ4v) is 7.24. The molecule has 0 spiro atoms. The van der Waals surface area contributed by atoms with Gasteiger partial charge in [-0.15, -0.1) is 0 Å². The summed E-state index contributed by atoms with van der Waals surface area (Å²) in [5.41, 5.74) is 13.2. The first-order valence-corrected chi connectivity index (χ1v) is 10.6. The summed E-state index contributed by atoms with van der Waals surface area (Å²) in [7, 11) is 0. The van der Waals surface area contributed by atoms with Gasteiger partial charge in [0.2, 0.25) is 0 Å². The van der Waals surface area contributed by atoms with E-state index in [4.69, 9.17) is 11.5 Å². The van der Waals surface area contributed by atoms with Crippen LogP contribution in [0.1, 0.15) is 0 Å². The quantitative estimate of drug-likeness (QED) is 0.694. The van der Waals surface area contributed by atoms with Crippen molar-refractivity contribution in [3.8, 4) is 0 Å². The maximum absolute atomic E-state index is 5.83. The summed E-state index contributed by atoms with van der Waals surface area (Å²) in [6.45, 7) is 0. The van der Waals surface area contributed by atoms with Gasteiger partial charge in [0.05, 0.1) is 0 Å². The van der Waals surface area contributed by atoms with Crippen molar-refractivity contribution in [3.63, 3.8) is 0 Å². The fraction of sp³-hybridized carbons (Fsp3) is 0. The summed E-state index contributed by atoms with van der Waals surface area (Å²) in [4.78, 5) is 8.55. The minimum atomic E-state index is 0.237. The van der Waals surface area contributed by atoms with E-state index in [9.17, 15) is 0 Å². The SMILES string of the molecule is Nc1cccnc1[Se][Se]c1ncccc1N. The van der Waals surface area contributed by atoms with Gasteiger partial charge in [-0.3, -0.25) is 0 Å². The van der Waals surface area contributed by atoms with E-state index in [-0.39, 0.29) is 26.3 Å². The molecule has 4 N–H and O–H groups in total. The van der Waals surface area contributed by atoms with Crippen LogP contribution >= 0.6 is 0 Å². The van der Waals surface area contributed by atoms with Crippen molar-refractivity contribution in [2.75, 3.05) is 11.5 Å². The number of nitrogen functional groups attached to an aromatic ring is 2. The predicted octanol–water partition coefficient (Wildman–Crippen LogP) is -1.08. The third-order valence-electron chi connectivity index (χ3n) is 1.80. The molecule has 0 atom stereocenters. The van der Waals surface area contributed by atoms with Gasteiger partial charge in [0.1, 0.15) is 0 Å². The summed E-state index contributed by atoms with van der Waals surface area (Å²) in [6.07, 6.45) is 3.54. The van der Waals surface area contributed by atoms with Crippen LogP contribution in [0.15, 0.2) is 36.7 Å². The molecule has 0 bridgehead atoms. The molecular formula is C10H10N4Se2. The van der Waals surface area contributed by atoms with E-state index in [0.29, 0.717) is 0 Å². The summed E-state index contributed by atoms with van der Waals surface area (Å²) in [5.74, 6) is 0. The standard InChI is InChI=1S/C10H10N4Se2/c11-7-3-1-5-13-9(7)15-16-10-8(12)4-2-6-14-10/h1-6H,11-12H2. The normalized spacial score (nSPS) is 10.2. The summed E-state index contributed by atoms with van der Waals surface area (Å²) in [5, 5.41) is 0. The molecule has 2 rings (SSSR count). The van der Waals surface area contributed by atoms with Crippen molar-refractivity contribution in [3.05, 3.63) is 36.7 Å². The van der Waals surface area contributed by atoms with Crippen molar-refractivity contribution in [1.29, 1.82) is 0 Å². The van der Waals surface area contributed by atoms with Crippen LogP contribution in [-0.2, 0) is 0 Å². The van der Waals surface area contributed by atoms with E-state index >= 15 is 0 Å². The van der Waals surface area contributed by atoms with Gasteiger partial charge in [-0.2, -0.15) is 0 Å². The average molecular weight is 344 g/mol. The zero-order chi connectivity index (χ0) is 11.4. The van der Waals surface area contributed by atoms with Crippen molar-refractivity contribution in [2.45, 2.75) is 0 Å². The number of pyridine rings is 2. The van der Waals surface area contributed by atoms with E-state index in [1.807, 2.05) is 24.3 Å². The van der Waals surface area contributed by atoms with Crippen molar-refractivity contribution in [1.82, 2.24) is 9.97 Å². The minimum absolute atomic E-state index is 0.237. The Bertz CT molecular complexity index is 444. The molecule has 0 aliphatic rings. The molecular weight excluding hydrogens is 334 g/mol. The van der Waals surface area contributed by atoms with Gasteiger partial charge in [0.25, 0.3) is 0 Å². The Labute approximate surface area is 105 Å². The molecule has 0 unspecified atom stereocenters. The molecule has 0 amide bonds. The first kappa shape index (κ1) is 11.4. The number of aromatic nitrogens is 2. The average Bonchev–Trinajstić information content (AvgIpc) is 2.30. The first-order chi connectivity index (χ1) is 7.77. The number of nitrogens with two attached hydrogens (primary N) is 2. The number of hydrogen-bond donors (Lipinski definition) is 2. The van der Waals surface area contributed by atoms with Crippen LogP contribution in [0.5, 0.6) is 0 Å². The molecule has 0 aliphatic heterocycles. The van der Waals surface area contributed by atoms with Gasteiger partial charge < -0.3 is 0 Å². The monoisotopic (exact) mass is 346 g/mol. The Kier molecular flexibility index (Phi) is 3.80. The van der Waals surface area contributed by atoms with E-state index < -0.39 is 0 Å². The molecule has 0 saturated heterocycles. The van der Waals surface area contributed by atoms with Crippen LogP contribution < -0.4 is 20.7 Å². The Morgan fingerprint density at radius 1 is 0.812 bits per heavy atom. The molecule has 0 aliphatic carbocycles. The number of hydrogen-bond acceptors (Lipinski definition) is 4. The van der Waals surface area contributed by atoms with Gasteiger partial charge in [-0.1, -0.05) is 0 Å².